The van der Waals surface area contributed by atoms with Crippen molar-refractivity contribution < 1.29 is 9.00 Å². The van der Waals surface area contributed by atoms with Crippen LogP contribution in [0.4, 0.5) is 11.4 Å². The molecule has 0 fully saturated rings. The van der Waals surface area contributed by atoms with Crippen molar-refractivity contribution in [3.8, 4) is 0 Å². The first-order valence-corrected chi connectivity index (χ1v) is 7.32. The number of nitrogens with two attached hydrogens (primary N) is 1. The molecule has 100 valence electrons. The molecule has 1 amide bonds. The van der Waals surface area contributed by atoms with Gasteiger partial charge in [0.1, 0.15) is 5.25 Å². The molecule has 1 aromatic carbocycles. The molecule has 5 heteroatoms. The lowest BCUT2D eigenvalue weighted by atomic mass is 10.3. The summed E-state index contributed by atoms with van der Waals surface area (Å²) in [5, 5.41) is 2.21. The molecule has 0 bridgehead atoms. The Labute approximate surface area is 110 Å². The van der Waals surface area contributed by atoms with Crippen LogP contribution in [0.5, 0.6) is 0 Å². The highest BCUT2D eigenvalue weighted by Gasteiger charge is 2.20. The molecule has 0 saturated heterocycles. The molecule has 0 spiro atoms. The number of rotatable bonds is 5. The minimum absolute atomic E-state index is 0.236. The molecule has 1 rings (SSSR count). The molecule has 0 aliphatic heterocycles. The molecule has 4 nitrogen and oxygen atoms in total. The Morgan fingerprint density at radius 1 is 1.39 bits per heavy atom. The predicted molar refractivity (Wildman–Crippen MR) is 76.8 cm³/mol. The van der Waals surface area contributed by atoms with E-state index in [1.54, 1.807) is 31.2 Å². The first kappa shape index (κ1) is 14.7. The maximum Gasteiger partial charge on any atom is 0.239 e. The second kappa shape index (κ2) is 6.54. The molecule has 1 aromatic rings. The maximum absolute atomic E-state index is 11.9. The van der Waals surface area contributed by atoms with Crippen molar-refractivity contribution >= 4 is 28.1 Å². The third kappa shape index (κ3) is 4.49. The monoisotopic (exact) mass is 268 g/mol. The van der Waals surface area contributed by atoms with E-state index in [1.807, 2.05) is 13.8 Å². The average molecular weight is 268 g/mol. The summed E-state index contributed by atoms with van der Waals surface area (Å²) >= 11 is 0. The Kier molecular flexibility index (Phi) is 5.34. The second-order valence-corrected chi connectivity index (χ2v) is 6.50. The van der Waals surface area contributed by atoms with Gasteiger partial charge in [-0.2, -0.15) is 0 Å². The van der Waals surface area contributed by atoms with Gasteiger partial charge < -0.3 is 11.1 Å². The van der Waals surface area contributed by atoms with Crippen molar-refractivity contribution in [2.45, 2.75) is 26.0 Å². The number of anilines is 2. The van der Waals surface area contributed by atoms with Gasteiger partial charge in [-0.1, -0.05) is 19.9 Å². The molecular weight excluding hydrogens is 248 g/mol. The van der Waals surface area contributed by atoms with Crippen LogP contribution in [0.25, 0.3) is 0 Å². The summed E-state index contributed by atoms with van der Waals surface area (Å²) in [4.78, 5) is 11.9. The summed E-state index contributed by atoms with van der Waals surface area (Å²) in [6.45, 7) is 5.65. The van der Waals surface area contributed by atoms with E-state index >= 15 is 0 Å². The SMILES string of the molecule is CC(C)CS(=O)C(C)C(=O)Nc1cccc(N)c1. The fourth-order valence-electron chi connectivity index (χ4n) is 1.45. The van der Waals surface area contributed by atoms with E-state index in [4.69, 9.17) is 5.73 Å². The molecule has 0 aromatic heterocycles. The number of amides is 1. The molecule has 2 unspecified atom stereocenters. The number of hydrogen-bond acceptors (Lipinski definition) is 3. The topological polar surface area (TPSA) is 72.2 Å². The number of nitrogen functional groups attached to an aromatic ring is 1. The van der Waals surface area contributed by atoms with E-state index in [-0.39, 0.29) is 5.91 Å². The zero-order chi connectivity index (χ0) is 13.7. The number of nitrogens with one attached hydrogen (secondary N) is 1. The van der Waals surface area contributed by atoms with Crippen molar-refractivity contribution in [1.29, 1.82) is 0 Å². The Bertz CT molecular complexity index is 446. The summed E-state index contributed by atoms with van der Waals surface area (Å²) in [6.07, 6.45) is 0. The fourth-order valence-corrected chi connectivity index (χ4v) is 2.70. The smallest absolute Gasteiger partial charge is 0.239 e. The Balaban J connectivity index is 2.62. The zero-order valence-corrected chi connectivity index (χ0v) is 11.8. The zero-order valence-electron chi connectivity index (χ0n) is 11.0. The van der Waals surface area contributed by atoms with Gasteiger partial charge in [0.15, 0.2) is 0 Å². The van der Waals surface area contributed by atoms with Crippen LogP contribution in [0, 0.1) is 5.92 Å². The minimum Gasteiger partial charge on any atom is -0.399 e. The van der Waals surface area contributed by atoms with Gasteiger partial charge in [-0.25, -0.2) is 0 Å². The van der Waals surface area contributed by atoms with Crippen LogP contribution < -0.4 is 11.1 Å². The van der Waals surface area contributed by atoms with Crippen molar-refractivity contribution in [1.82, 2.24) is 0 Å². The summed E-state index contributed by atoms with van der Waals surface area (Å²) in [6, 6.07) is 6.94. The standard InChI is InChI=1S/C13H20N2O2S/c1-9(2)8-18(17)10(3)13(16)15-12-6-4-5-11(14)7-12/h4-7,9-10H,8,14H2,1-3H3,(H,15,16). The van der Waals surface area contributed by atoms with Gasteiger partial charge in [-0.15, -0.1) is 0 Å². The van der Waals surface area contributed by atoms with Crippen LogP contribution in [0.1, 0.15) is 20.8 Å². The molecule has 2 atom stereocenters. The predicted octanol–water partition coefficient (Wildman–Crippen LogP) is 2.00. The van der Waals surface area contributed by atoms with Gasteiger partial charge >= 0.3 is 0 Å². The molecular formula is C13H20N2O2S. The fraction of sp³-hybridized carbons (Fsp3) is 0.462. The second-order valence-electron chi connectivity index (χ2n) is 4.70. The lowest BCUT2D eigenvalue weighted by Gasteiger charge is -2.13. The summed E-state index contributed by atoms with van der Waals surface area (Å²) < 4.78 is 11.9. The van der Waals surface area contributed by atoms with Gasteiger partial charge in [0.2, 0.25) is 5.91 Å². The Hall–Kier alpha value is -1.36. The first-order valence-electron chi connectivity index (χ1n) is 5.93. The molecule has 3 N–H and O–H groups in total. The van der Waals surface area contributed by atoms with Crippen LogP contribution in [0.2, 0.25) is 0 Å². The molecule has 0 heterocycles. The third-order valence-electron chi connectivity index (χ3n) is 2.42. The van der Waals surface area contributed by atoms with Gasteiger partial charge in [0.05, 0.1) is 0 Å². The van der Waals surface area contributed by atoms with Crippen LogP contribution in [0.3, 0.4) is 0 Å². The lowest BCUT2D eigenvalue weighted by Crippen LogP contribution is -2.31. The van der Waals surface area contributed by atoms with Crippen LogP contribution in [-0.4, -0.2) is 21.1 Å². The largest absolute Gasteiger partial charge is 0.399 e. The van der Waals surface area contributed by atoms with Gasteiger partial charge in [0.25, 0.3) is 0 Å². The van der Waals surface area contributed by atoms with Gasteiger partial charge in [-0.05, 0) is 31.0 Å². The quantitative estimate of drug-likeness (QED) is 0.802. The molecule has 18 heavy (non-hydrogen) atoms. The normalized spacial score (nSPS) is 14.2. The van der Waals surface area contributed by atoms with Crippen LogP contribution in [0.15, 0.2) is 24.3 Å². The number of carbonyl (C=O) groups is 1. The third-order valence-corrected chi connectivity index (χ3v) is 4.41. The van der Waals surface area contributed by atoms with Crippen molar-refractivity contribution in [2.75, 3.05) is 16.8 Å². The Morgan fingerprint density at radius 3 is 2.61 bits per heavy atom. The molecule has 0 aliphatic carbocycles. The molecule has 0 radical (unpaired) electrons. The molecule has 0 aliphatic rings. The van der Waals surface area contributed by atoms with Crippen molar-refractivity contribution in [3.63, 3.8) is 0 Å². The van der Waals surface area contributed by atoms with E-state index in [1.165, 1.54) is 0 Å². The molecule has 0 saturated carbocycles. The van der Waals surface area contributed by atoms with Gasteiger partial charge in [0, 0.05) is 27.9 Å². The van der Waals surface area contributed by atoms with Crippen LogP contribution in [-0.2, 0) is 15.6 Å². The summed E-state index contributed by atoms with van der Waals surface area (Å²) in [7, 11) is -1.15. The highest BCUT2D eigenvalue weighted by Crippen LogP contribution is 2.13. The highest BCUT2D eigenvalue weighted by atomic mass is 32.2. The highest BCUT2D eigenvalue weighted by molar-refractivity contribution is 7.86. The maximum atomic E-state index is 11.9. The number of hydrogen-bond donors (Lipinski definition) is 2. The summed E-state index contributed by atoms with van der Waals surface area (Å²) in [5.74, 6) is 0.610. The van der Waals surface area contributed by atoms with E-state index in [0.717, 1.165) is 0 Å². The van der Waals surface area contributed by atoms with Crippen molar-refractivity contribution in [2.24, 2.45) is 5.92 Å². The summed E-state index contributed by atoms with van der Waals surface area (Å²) in [5.41, 5.74) is 6.84. The number of benzene rings is 1. The number of carbonyl (C=O) groups excluding carboxylic acids is 1. The van der Waals surface area contributed by atoms with Gasteiger partial charge in [-0.3, -0.25) is 9.00 Å². The minimum atomic E-state index is -1.15. The lowest BCUT2D eigenvalue weighted by molar-refractivity contribution is -0.115. The van der Waals surface area contributed by atoms with Crippen molar-refractivity contribution in [3.05, 3.63) is 24.3 Å². The van der Waals surface area contributed by atoms with Crippen LogP contribution >= 0.6 is 0 Å². The van der Waals surface area contributed by atoms with E-state index in [0.29, 0.717) is 23.0 Å². The van der Waals surface area contributed by atoms with E-state index in [2.05, 4.69) is 5.32 Å². The average Bonchev–Trinajstić information content (AvgIpc) is 2.27. The van der Waals surface area contributed by atoms with E-state index in [9.17, 15) is 9.00 Å². The van der Waals surface area contributed by atoms with E-state index < -0.39 is 16.0 Å². The first-order chi connectivity index (χ1) is 8.40. The Morgan fingerprint density at radius 2 is 2.06 bits per heavy atom.